The van der Waals surface area contributed by atoms with E-state index in [1.165, 1.54) is 6.42 Å². The molecule has 0 bridgehead atoms. The fraction of sp³-hybridized carbons (Fsp3) is 0.895. The number of piperidine rings is 1. The first-order valence-corrected chi connectivity index (χ1v) is 11.2. The van der Waals surface area contributed by atoms with Crippen molar-refractivity contribution < 1.29 is 28.5 Å². The van der Waals surface area contributed by atoms with Crippen LogP contribution in [0.4, 0.5) is 0 Å². The lowest BCUT2D eigenvalue weighted by molar-refractivity contribution is -0.134. The van der Waals surface area contributed by atoms with Crippen molar-refractivity contribution in [3.8, 4) is 0 Å². The van der Waals surface area contributed by atoms with Crippen molar-refractivity contribution in [2.24, 2.45) is 5.92 Å². The molecule has 1 aliphatic rings. The van der Waals surface area contributed by atoms with Crippen LogP contribution in [0.1, 0.15) is 39.0 Å². The Morgan fingerprint density at radius 3 is 1.79 bits per heavy atom. The van der Waals surface area contributed by atoms with E-state index in [1.54, 1.807) is 22.9 Å². The number of carbonyl (C=O) groups is 2. The number of nitrogens with zero attached hydrogens (tertiary/aromatic N) is 1. The van der Waals surface area contributed by atoms with Gasteiger partial charge in [0.1, 0.15) is 0 Å². The Morgan fingerprint density at radius 1 is 0.857 bits per heavy atom. The van der Waals surface area contributed by atoms with Gasteiger partial charge in [-0.25, -0.2) is 0 Å². The van der Waals surface area contributed by atoms with Crippen LogP contribution in [0.5, 0.6) is 0 Å². The Kier molecular flexibility index (Phi) is 15.9. The molecule has 1 N–H and O–H groups in total. The van der Waals surface area contributed by atoms with Crippen LogP contribution < -0.4 is 3.53 Å². The highest BCUT2D eigenvalue weighted by atomic mass is 127. The standard InChI is InChI=1S/C19H35IN2O6/c1-2-17-3-7-22(8-4-17)19(24)6-10-26-12-14-28-16-15-27-13-11-25-9-5-18(23)21-20/h17H,2-16H2,1H3,(H,21,23). The summed E-state index contributed by atoms with van der Waals surface area (Å²) >= 11 is 1.81. The zero-order valence-corrected chi connectivity index (χ0v) is 19.1. The van der Waals surface area contributed by atoms with Gasteiger partial charge in [-0.15, -0.1) is 0 Å². The average Bonchev–Trinajstić information content (AvgIpc) is 2.73. The summed E-state index contributed by atoms with van der Waals surface area (Å²) < 4.78 is 24.0. The molecule has 1 saturated heterocycles. The van der Waals surface area contributed by atoms with Gasteiger partial charge in [-0.3, -0.25) is 13.1 Å². The summed E-state index contributed by atoms with van der Waals surface area (Å²) in [6.45, 7) is 7.72. The molecular weight excluding hydrogens is 479 g/mol. The third kappa shape index (κ3) is 12.9. The van der Waals surface area contributed by atoms with E-state index in [-0.39, 0.29) is 11.8 Å². The Balaban J connectivity index is 1.79. The molecule has 0 aliphatic carbocycles. The highest BCUT2D eigenvalue weighted by Crippen LogP contribution is 2.20. The second-order valence-electron chi connectivity index (χ2n) is 6.70. The van der Waals surface area contributed by atoms with Crippen molar-refractivity contribution in [2.45, 2.75) is 39.0 Å². The number of hydrogen-bond donors (Lipinski definition) is 1. The maximum absolute atomic E-state index is 12.1. The topological polar surface area (TPSA) is 86.3 Å². The summed E-state index contributed by atoms with van der Waals surface area (Å²) in [7, 11) is 0. The normalized spacial score (nSPS) is 15.0. The lowest BCUT2D eigenvalue weighted by Gasteiger charge is -2.31. The second-order valence-corrected chi connectivity index (χ2v) is 7.24. The molecule has 0 saturated carbocycles. The van der Waals surface area contributed by atoms with Gasteiger partial charge in [-0.05, 0) is 18.8 Å². The number of carbonyl (C=O) groups excluding carboxylic acids is 2. The minimum atomic E-state index is -0.0434. The first-order valence-electron chi connectivity index (χ1n) is 10.2. The van der Waals surface area contributed by atoms with Gasteiger partial charge >= 0.3 is 0 Å². The summed E-state index contributed by atoms with van der Waals surface area (Å²) in [5, 5.41) is 0. The van der Waals surface area contributed by atoms with Gasteiger partial charge in [0.25, 0.3) is 0 Å². The Bertz CT molecular complexity index is 419. The smallest absolute Gasteiger partial charge is 0.230 e. The van der Waals surface area contributed by atoms with Crippen molar-refractivity contribution >= 4 is 34.7 Å². The molecule has 1 rings (SSSR count). The van der Waals surface area contributed by atoms with Gasteiger partial charge in [-0.2, -0.15) is 0 Å². The molecule has 0 aromatic rings. The Hall–Kier alpha value is -0.490. The predicted molar refractivity (Wildman–Crippen MR) is 114 cm³/mol. The number of likely N-dealkylation sites (tertiary alicyclic amines) is 1. The number of ether oxygens (including phenoxy) is 4. The summed E-state index contributed by atoms with van der Waals surface area (Å²) in [5.41, 5.74) is 0. The molecule has 8 nitrogen and oxygen atoms in total. The number of rotatable bonds is 16. The second kappa shape index (κ2) is 17.4. The summed E-state index contributed by atoms with van der Waals surface area (Å²) in [4.78, 5) is 25.0. The van der Waals surface area contributed by atoms with E-state index in [1.807, 2.05) is 4.90 Å². The van der Waals surface area contributed by atoms with Crippen molar-refractivity contribution in [1.82, 2.24) is 8.43 Å². The van der Waals surface area contributed by atoms with Crippen LogP contribution in [0.15, 0.2) is 0 Å². The Morgan fingerprint density at radius 2 is 1.32 bits per heavy atom. The quantitative estimate of drug-likeness (QED) is 0.193. The van der Waals surface area contributed by atoms with E-state index >= 15 is 0 Å². The fourth-order valence-electron chi connectivity index (χ4n) is 2.88. The van der Waals surface area contributed by atoms with E-state index in [4.69, 9.17) is 18.9 Å². The molecule has 1 fully saturated rings. The number of hydrogen-bond acceptors (Lipinski definition) is 6. The SMILES string of the molecule is CCC1CCN(C(=O)CCOCCOCCOCCOCCC(=O)NI)CC1. The first-order chi connectivity index (χ1) is 13.7. The van der Waals surface area contributed by atoms with E-state index in [9.17, 15) is 9.59 Å². The monoisotopic (exact) mass is 514 g/mol. The highest BCUT2D eigenvalue weighted by molar-refractivity contribution is 14.1. The average molecular weight is 514 g/mol. The summed E-state index contributed by atoms with van der Waals surface area (Å²) in [6.07, 6.45) is 4.26. The third-order valence-electron chi connectivity index (χ3n) is 4.70. The number of amides is 2. The molecule has 0 aromatic heterocycles. The fourth-order valence-corrected chi connectivity index (χ4v) is 3.15. The van der Waals surface area contributed by atoms with Crippen LogP contribution in [0.2, 0.25) is 0 Å². The molecule has 0 unspecified atom stereocenters. The van der Waals surface area contributed by atoms with E-state index in [2.05, 4.69) is 10.5 Å². The molecule has 28 heavy (non-hydrogen) atoms. The lowest BCUT2D eigenvalue weighted by Crippen LogP contribution is -2.38. The number of nitrogens with one attached hydrogen (secondary N) is 1. The van der Waals surface area contributed by atoms with Crippen molar-refractivity contribution in [2.75, 3.05) is 65.9 Å². The summed E-state index contributed by atoms with van der Waals surface area (Å²) in [6, 6.07) is 0. The zero-order valence-electron chi connectivity index (χ0n) is 17.0. The van der Waals surface area contributed by atoms with Gasteiger partial charge in [0, 0.05) is 13.1 Å². The van der Waals surface area contributed by atoms with Gasteiger partial charge < -0.3 is 23.8 Å². The number of halogens is 1. The van der Waals surface area contributed by atoms with Crippen LogP contribution >= 0.6 is 22.9 Å². The lowest BCUT2D eigenvalue weighted by atomic mass is 9.94. The molecule has 0 aromatic carbocycles. The molecule has 9 heteroatoms. The maximum Gasteiger partial charge on any atom is 0.230 e. The minimum absolute atomic E-state index is 0.0434. The predicted octanol–water partition coefficient (Wildman–Crippen LogP) is 1.95. The van der Waals surface area contributed by atoms with Crippen LogP contribution in [0, 0.1) is 5.92 Å². The van der Waals surface area contributed by atoms with E-state index in [0.29, 0.717) is 65.7 Å². The minimum Gasteiger partial charge on any atom is -0.379 e. The molecular formula is C19H35IN2O6. The Labute approximate surface area is 182 Å². The zero-order chi connectivity index (χ0) is 20.5. The van der Waals surface area contributed by atoms with Crippen LogP contribution in [-0.2, 0) is 28.5 Å². The van der Waals surface area contributed by atoms with Gasteiger partial charge in [-0.1, -0.05) is 13.3 Å². The van der Waals surface area contributed by atoms with Crippen LogP contribution in [0.25, 0.3) is 0 Å². The van der Waals surface area contributed by atoms with E-state index < -0.39 is 0 Å². The van der Waals surface area contributed by atoms with Gasteiger partial charge in [0.05, 0.1) is 88.6 Å². The maximum atomic E-state index is 12.1. The largest absolute Gasteiger partial charge is 0.379 e. The van der Waals surface area contributed by atoms with Gasteiger partial charge in [0.2, 0.25) is 11.8 Å². The van der Waals surface area contributed by atoms with Crippen molar-refractivity contribution in [3.05, 3.63) is 0 Å². The summed E-state index contributed by atoms with van der Waals surface area (Å²) in [5.74, 6) is 0.932. The molecule has 1 heterocycles. The van der Waals surface area contributed by atoms with Crippen molar-refractivity contribution in [3.63, 3.8) is 0 Å². The highest BCUT2D eigenvalue weighted by Gasteiger charge is 2.21. The first kappa shape index (κ1) is 25.5. The molecule has 164 valence electrons. The van der Waals surface area contributed by atoms with Crippen LogP contribution in [0.3, 0.4) is 0 Å². The third-order valence-corrected chi connectivity index (χ3v) is 5.30. The van der Waals surface area contributed by atoms with Crippen molar-refractivity contribution in [1.29, 1.82) is 0 Å². The molecule has 0 radical (unpaired) electrons. The molecule has 0 spiro atoms. The van der Waals surface area contributed by atoms with Crippen LogP contribution in [-0.4, -0.2) is 82.7 Å². The van der Waals surface area contributed by atoms with E-state index in [0.717, 1.165) is 31.8 Å². The molecule has 1 aliphatic heterocycles. The van der Waals surface area contributed by atoms with Gasteiger partial charge in [0.15, 0.2) is 0 Å². The molecule has 2 amide bonds. The molecule has 0 atom stereocenters.